The molecular formula is C13H22N2O3. The Labute approximate surface area is 107 Å². The lowest BCUT2D eigenvalue weighted by molar-refractivity contribution is -0.144. The lowest BCUT2D eigenvalue weighted by Crippen LogP contribution is -2.57. The van der Waals surface area contributed by atoms with Crippen LogP contribution in [-0.4, -0.2) is 28.7 Å². The van der Waals surface area contributed by atoms with Crippen molar-refractivity contribution in [2.75, 3.05) is 0 Å². The van der Waals surface area contributed by atoms with Crippen LogP contribution in [0.15, 0.2) is 0 Å². The first-order chi connectivity index (χ1) is 8.47. The summed E-state index contributed by atoms with van der Waals surface area (Å²) in [5.41, 5.74) is -1.11. The fraction of sp³-hybridized carbons (Fsp3) is 0.846. The summed E-state index contributed by atoms with van der Waals surface area (Å²) in [5.74, 6) is -0.287. The van der Waals surface area contributed by atoms with Crippen molar-refractivity contribution in [2.45, 2.75) is 57.5 Å². The smallest absolute Gasteiger partial charge is 0.329 e. The number of nitrogens with one attached hydrogen (secondary N) is 2. The van der Waals surface area contributed by atoms with E-state index in [2.05, 4.69) is 17.6 Å². The Balaban J connectivity index is 1.81. The largest absolute Gasteiger partial charge is 0.480 e. The first-order valence-electron chi connectivity index (χ1n) is 6.79. The van der Waals surface area contributed by atoms with Crippen LogP contribution in [0.4, 0.5) is 4.79 Å². The molecule has 5 heteroatoms. The van der Waals surface area contributed by atoms with E-state index in [1.54, 1.807) is 6.92 Å². The van der Waals surface area contributed by atoms with Crippen LogP contribution in [0.5, 0.6) is 0 Å². The van der Waals surface area contributed by atoms with E-state index in [0.29, 0.717) is 5.92 Å². The molecule has 0 aliphatic heterocycles. The third-order valence-corrected chi connectivity index (χ3v) is 4.11. The van der Waals surface area contributed by atoms with Crippen molar-refractivity contribution in [3.05, 3.63) is 0 Å². The van der Waals surface area contributed by atoms with Crippen molar-refractivity contribution >= 4 is 12.0 Å². The van der Waals surface area contributed by atoms with Crippen LogP contribution in [0.1, 0.15) is 46.0 Å². The molecule has 0 aromatic carbocycles. The molecule has 0 saturated heterocycles. The first kappa shape index (κ1) is 13.2. The molecule has 3 N–H and O–H groups in total. The molecule has 0 aromatic rings. The van der Waals surface area contributed by atoms with Gasteiger partial charge in [0.1, 0.15) is 5.54 Å². The summed E-state index contributed by atoms with van der Waals surface area (Å²) in [6.45, 7) is 3.73. The van der Waals surface area contributed by atoms with Gasteiger partial charge in [0, 0.05) is 6.04 Å². The minimum atomic E-state index is -1.11. The van der Waals surface area contributed by atoms with Crippen LogP contribution in [0.3, 0.4) is 0 Å². The topological polar surface area (TPSA) is 78.4 Å². The van der Waals surface area contributed by atoms with Crippen LogP contribution in [-0.2, 0) is 4.79 Å². The molecule has 2 aliphatic rings. The number of carboxylic acid groups (broad SMARTS) is 1. The second-order valence-corrected chi connectivity index (χ2v) is 5.77. The number of aliphatic carboxylic acids is 1. The molecule has 0 bridgehead atoms. The molecule has 2 saturated carbocycles. The number of amides is 2. The van der Waals surface area contributed by atoms with E-state index in [4.69, 9.17) is 0 Å². The molecule has 0 heterocycles. The monoisotopic (exact) mass is 254 g/mol. The van der Waals surface area contributed by atoms with E-state index in [1.807, 2.05) is 0 Å². The molecule has 3 atom stereocenters. The molecule has 0 radical (unpaired) electrons. The summed E-state index contributed by atoms with van der Waals surface area (Å²) in [4.78, 5) is 23.1. The molecule has 2 aliphatic carbocycles. The Kier molecular flexibility index (Phi) is 3.50. The van der Waals surface area contributed by atoms with Gasteiger partial charge in [-0.1, -0.05) is 13.3 Å². The highest BCUT2D eigenvalue weighted by Crippen LogP contribution is 2.40. The van der Waals surface area contributed by atoms with Gasteiger partial charge < -0.3 is 15.7 Å². The van der Waals surface area contributed by atoms with Gasteiger partial charge in [0.05, 0.1) is 0 Å². The molecule has 2 fully saturated rings. The van der Waals surface area contributed by atoms with Gasteiger partial charge in [0.2, 0.25) is 0 Å². The summed E-state index contributed by atoms with van der Waals surface area (Å²) in [5, 5.41) is 14.7. The Hall–Kier alpha value is -1.26. The molecular weight excluding hydrogens is 232 g/mol. The zero-order valence-electron chi connectivity index (χ0n) is 11.0. The first-order valence-corrected chi connectivity index (χ1v) is 6.79. The second-order valence-electron chi connectivity index (χ2n) is 5.77. The van der Waals surface area contributed by atoms with Crippen molar-refractivity contribution < 1.29 is 14.7 Å². The highest BCUT2D eigenvalue weighted by molar-refractivity contribution is 5.86. The van der Waals surface area contributed by atoms with Crippen molar-refractivity contribution in [2.24, 2.45) is 11.8 Å². The number of carbonyl (C=O) groups is 2. The van der Waals surface area contributed by atoms with E-state index in [-0.39, 0.29) is 18.0 Å². The van der Waals surface area contributed by atoms with Crippen LogP contribution in [0, 0.1) is 11.8 Å². The van der Waals surface area contributed by atoms with E-state index in [0.717, 1.165) is 32.1 Å². The summed E-state index contributed by atoms with van der Waals surface area (Å²) in [6.07, 6.45) is 5.04. The van der Waals surface area contributed by atoms with Crippen molar-refractivity contribution in [1.82, 2.24) is 10.6 Å². The maximum atomic E-state index is 11.8. The number of carbonyl (C=O) groups excluding carboxylic acids is 1. The summed E-state index contributed by atoms with van der Waals surface area (Å²) >= 11 is 0. The molecule has 2 amide bonds. The molecule has 0 aromatic heterocycles. The molecule has 102 valence electrons. The number of hydrogen-bond acceptors (Lipinski definition) is 2. The van der Waals surface area contributed by atoms with Crippen molar-refractivity contribution in [3.8, 4) is 0 Å². The lowest BCUT2D eigenvalue weighted by Gasteiger charge is -2.26. The number of urea groups is 1. The summed E-state index contributed by atoms with van der Waals surface area (Å²) < 4.78 is 0. The average molecular weight is 254 g/mol. The lowest BCUT2D eigenvalue weighted by atomic mass is 9.96. The molecule has 5 nitrogen and oxygen atoms in total. The average Bonchev–Trinajstić information content (AvgIpc) is 3.12. The summed E-state index contributed by atoms with van der Waals surface area (Å²) in [7, 11) is 0. The van der Waals surface area contributed by atoms with Gasteiger partial charge in [-0.3, -0.25) is 0 Å². The van der Waals surface area contributed by atoms with Crippen molar-refractivity contribution in [3.63, 3.8) is 0 Å². The third-order valence-electron chi connectivity index (χ3n) is 4.11. The number of rotatable bonds is 6. The Morgan fingerprint density at radius 3 is 2.56 bits per heavy atom. The van der Waals surface area contributed by atoms with Crippen LogP contribution in [0.25, 0.3) is 0 Å². The maximum absolute atomic E-state index is 11.8. The van der Waals surface area contributed by atoms with Gasteiger partial charge >= 0.3 is 12.0 Å². The zero-order chi connectivity index (χ0) is 13.3. The molecule has 3 unspecified atom stereocenters. The maximum Gasteiger partial charge on any atom is 0.329 e. The van der Waals surface area contributed by atoms with E-state index >= 15 is 0 Å². The predicted molar refractivity (Wildman–Crippen MR) is 67.2 cm³/mol. The fourth-order valence-corrected chi connectivity index (χ4v) is 2.55. The van der Waals surface area contributed by atoms with E-state index in [1.165, 1.54) is 0 Å². The highest BCUT2D eigenvalue weighted by Gasteiger charge is 2.49. The van der Waals surface area contributed by atoms with Gasteiger partial charge in [-0.15, -0.1) is 0 Å². The van der Waals surface area contributed by atoms with Gasteiger partial charge in [-0.25, -0.2) is 9.59 Å². The van der Waals surface area contributed by atoms with Gasteiger partial charge in [0.25, 0.3) is 0 Å². The minimum absolute atomic E-state index is 0.0754. The van der Waals surface area contributed by atoms with E-state index in [9.17, 15) is 14.7 Å². The SMILES string of the molecule is CCCC1CC1NC(=O)NC(C)(C(=O)O)C1CC1. The van der Waals surface area contributed by atoms with Gasteiger partial charge in [-0.05, 0) is 44.4 Å². The zero-order valence-corrected chi connectivity index (χ0v) is 11.0. The molecule has 18 heavy (non-hydrogen) atoms. The van der Waals surface area contributed by atoms with Crippen LogP contribution >= 0.6 is 0 Å². The van der Waals surface area contributed by atoms with Gasteiger partial charge in [0.15, 0.2) is 0 Å². The quantitative estimate of drug-likeness (QED) is 0.675. The normalized spacial score (nSPS) is 29.2. The number of hydrogen-bond donors (Lipinski definition) is 3. The number of carboxylic acids is 1. The Morgan fingerprint density at radius 2 is 2.06 bits per heavy atom. The third kappa shape index (κ3) is 2.76. The van der Waals surface area contributed by atoms with E-state index < -0.39 is 11.5 Å². The minimum Gasteiger partial charge on any atom is -0.480 e. The Morgan fingerprint density at radius 1 is 1.39 bits per heavy atom. The van der Waals surface area contributed by atoms with Crippen LogP contribution < -0.4 is 10.6 Å². The van der Waals surface area contributed by atoms with Crippen molar-refractivity contribution in [1.29, 1.82) is 0 Å². The van der Waals surface area contributed by atoms with Crippen LogP contribution in [0.2, 0.25) is 0 Å². The Bertz CT molecular complexity index is 354. The fourth-order valence-electron chi connectivity index (χ4n) is 2.55. The standard InChI is InChI=1S/C13H22N2O3/c1-3-4-8-7-10(8)14-12(18)15-13(2,11(16)17)9-5-6-9/h8-10H,3-7H2,1-2H3,(H,16,17)(H2,14,15,18). The second kappa shape index (κ2) is 4.78. The molecule has 2 rings (SSSR count). The summed E-state index contributed by atoms with van der Waals surface area (Å²) in [6, 6.07) is -0.0994. The van der Waals surface area contributed by atoms with Gasteiger partial charge in [-0.2, -0.15) is 0 Å². The highest BCUT2D eigenvalue weighted by atomic mass is 16.4. The predicted octanol–water partition coefficient (Wildman–Crippen LogP) is 1.73. The molecule has 0 spiro atoms.